The smallest absolute Gasteiger partial charge is 0.328 e. The number of methoxy groups -OCH3 is 1. The van der Waals surface area contributed by atoms with Crippen LogP contribution >= 0.6 is 0 Å². The van der Waals surface area contributed by atoms with E-state index in [-0.39, 0.29) is 13.0 Å². The fraction of sp³-hybridized carbons (Fsp3) is 0.182. The summed E-state index contributed by atoms with van der Waals surface area (Å²) in [4.78, 5) is 51.4. The molecule has 1 aliphatic rings. The molecule has 3 amide bonds. The zero-order valence-corrected chi connectivity index (χ0v) is 16.2. The van der Waals surface area contributed by atoms with Crippen molar-refractivity contribution in [2.45, 2.75) is 19.0 Å². The number of imide groups is 1. The first-order valence-electron chi connectivity index (χ1n) is 9.17. The maximum Gasteiger partial charge on any atom is 0.328 e. The molecule has 2 aromatic carbocycles. The van der Waals surface area contributed by atoms with E-state index in [1.165, 1.54) is 12.0 Å². The quantitative estimate of drug-likeness (QED) is 0.555. The SMILES string of the molecule is COc1ccc(CN(C(=O)/C=C/C(=O)O)[C@H]2CC(=O)N(c3ccccc3)C2=O)cc1. The highest BCUT2D eigenvalue weighted by Gasteiger charge is 2.44. The van der Waals surface area contributed by atoms with E-state index in [2.05, 4.69) is 0 Å². The molecular weight excluding hydrogens is 388 g/mol. The number of aliphatic carboxylic acids is 1. The number of rotatable bonds is 7. The number of hydrogen-bond donors (Lipinski definition) is 1. The molecule has 2 aromatic rings. The van der Waals surface area contributed by atoms with Crippen molar-refractivity contribution in [3.05, 3.63) is 72.3 Å². The van der Waals surface area contributed by atoms with Crippen molar-refractivity contribution in [2.24, 2.45) is 0 Å². The second kappa shape index (κ2) is 9.04. The van der Waals surface area contributed by atoms with Crippen LogP contribution in [-0.4, -0.2) is 46.8 Å². The molecule has 3 rings (SSSR count). The van der Waals surface area contributed by atoms with E-state index in [4.69, 9.17) is 9.84 Å². The summed E-state index contributed by atoms with van der Waals surface area (Å²) in [7, 11) is 1.53. The first-order chi connectivity index (χ1) is 14.4. The van der Waals surface area contributed by atoms with Crippen LogP contribution in [0.25, 0.3) is 0 Å². The van der Waals surface area contributed by atoms with Gasteiger partial charge in [-0.25, -0.2) is 9.69 Å². The van der Waals surface area contributed by atoms with Gasteiger partial charge in [0, 0.05) is 18.7 Å². The van der Waals surface area contributed by atoms with Crippen LogP contribution in [-0.2, 0) is 25.7 Å². The first kappa shape index (κ1) is 20.8. The van der Waals surface area contributed by atoms with Crippen molar-refractivity contribution in [1.29, 1.82) is 0 Å². The van der Waals surface area contributed by atoms with Gasteiger partial charge in [0.2, 0.25) is 11.8 Å². The van der Waals surface area contributed by atoms with E-state index in [0.717, 1.165) is 11.0 Å². The van der Waals surface area contributed by atoms with E-state index in [1.807, 2.05) is 0 Å². The second-order valence-electron chi connectivity index (χ2n) is 6.61. The lowest BCUT2D eigenvalue weighted by atomic mass is 10.1. The van der Waals surface area contributed by atoms with Crippen LogP contribution in [0.15, 0.2) is 66.7 Å². The van der Waals surface area contributed by atoms with Crippen LogP contribution in [0.3, 0.4) is 0 Å². The Hall–Kier alpha value is -3.94. The lowest BCUT2D eigenvalue weighted by Crippen LogP contribution is -2.44. The Morgan fingerprint density at radius 2 is 1.77 bits per heavy atom. The Morgan fingerprint density at radius 1 is 1.10 bits per heavy atom. The highest BCUT2D eigenvalue weighted by molar-refractivity contribution is 6.23. The molecule has 0 aliphatic carbocycles. The molecule has 8 heteroatoms. The van der Waals surface area contributed by atoms with Gasteiger partial charge in [-0.05, 0) is 29.8 Å². The van der Waals surface area contributed by atoms with Crippen molar-refractivity contribution in [2.75, 3.05) is 12.0 Å². The van der Waals surface area contributed by atoms with Crippen molar-refractivity contribution in [1.82, 2.24) is 4.90 Å². The Balaban J connectivity index is 1.90. The van der Waals surface area contributed by atoms with Crippen molar-refractivity contribution in [3.63, 3.8) is 0 Å². The third kappa shape index (κ3) is 4.54. The third-order valence-corrected chi connectivity index (χ3v) is 4.68. The number of ether oxygens (including phenoxy) is 1. The van der Waals surface area contributed by atoms with Gasteiger partial charge in [0.25, 0.3) is 5.91 Å². The molecule has 1 fully saturated rings. The Labute approximate surface area is 173 Å². The molecule has 8 nitrogen and oxygen atoms in total. The fourth-order valence-electron chi connectivity index (χ4n) is 3.22. The Kier molecular flexibility index (Phi) is 6.26. The Morgan fingerprint density at radius 3 is 2.37 bits per heavy atom. The van der Waals surface area contributed by atoms with Gasteiger partial charge in [0.05, 0.1) is 19.2 Å². The molecule has 1 atom stereocenters. The minimum absolute atomic E-state index is 0.0269. The van der Waals surface area contributed by atoms with Crippen LogP contribution in [0.2, 0.25) is 0 Å². The van der Waals surface area contributed by atoms with Crippen LogP contribution in [0.5, 0.6) is 5.75 Å². The van der Waals surface area contributed by atoms with E-state index < -0.39 is 29.7 Å². The summed E-state index contributed by atoms with van der Waals surface area (Å²) in [5, 5.41) is 8.84. The lowest BCUT2D eigenvalue weighted by Gasteiger charge is -2.26. The van der Waals surface area contributed by atoms with Crippen molar-refractivity contribution in [3.8, 4) is 5.75 Å². The van der Waals surface area contributed by atoms with Gasteiger partial charge in [-0.15, -0.1) is 0 Å². The molecule has 0 unspecified atom stereocenters. The highest BCUT2D eigenvalue weighted by atomic mass is 16.5. The number of carbonyl (C=O) groups is 4. The van der Waals surface area contributed by atoms with Gasteiger partial charge in [0.15, 0.2) is 0 Å². The lowest BCUT2D eigenvalue weighted by molar-refractivity contribution is -0.135. The first-order valence-corrected chi connectivity index (χ1v) is 9.17. The van der Waals surface area contributed by atoms with E-state index in [0.29, 0.717) is 23.1 Å². The highest BCUT2D eigenvalue weighted by Crippen LogP contribution is 2.27. The number of benzene rings is 2. The van der Waals surface area contributed by atoms with Crippen LogP contribution in [0.4, 0.5) is 5.69 Å². The second-order valence-corrected chi connectivity index (χ2v) is 6.61. The molecule has 0 bridgehead atoms. The molecule has 30 heavy (non-hydrogen) atoms. The summed E-state index contributed by atoms with van der Waals surface area (Å²) < 4.78 is 5.12. The molecular formula is C22H20N2O6. The van der Waals surface area contributed by atoms with Crippen molar-refractivity contribution >= 4 is 29.4 Å². The van der Waals surface area contributed by atoms with Gasteiger partial charge < -0.3 is 14.7 Å². The summed E-state index contributed by atoms with van der Waals surface area (Å²) in [5.74, 6) is -2.28. The average molecular weight is 408 g/mol. The molecule has 0 radical (unpaired) electrons. The van der Waals surface area contributed by atoms with Crippen LogP contribution in [0.1, 0.15) is 12.0 Å². The minimum atomic E-state index is -1.28. The largest absolute Gasteiger partial charge is 0.497 e. The number of amides is 3. The fourth-order valence-corrected chi connectivity index (χ4v) is 3.22. The number of nitrogens with zero attached hydrogens (tertiary/aromatic N) is 2. The maximum absolute atomic E-state index is 13.0. The van der Waals surface area contributed by atoms with Crippen LogP contribution < -0.4 is 9.64 Å². The van der Waals surface area contributed by atoms with Crippen molar-refractivity contribution < 1.29 is 29.0 Å². The minimum Gasteiger partial charge on any atom is -0.497 e. The van der Waals surface area contributed by atoms with E-state index in [9.17, 15) is 19.2 Å². The van der Waals surface area contributed by atoms with Gasteiger partial charge in [-0.1, -0.05) is 30.3 Å². The van der Waals surface area contributed by atoms with Crippen LogP contribution in [0, 0.1) is 0 Å². The standard InChI is InChI=1S/C22H20N2O6/c1-30-17-9-7-15(8-10-17)14-23(19(25)11-12-21(27)28)18-13-20(26)24(22(18)29)16-5-3-2-4-6-16/h2-12,18H,13-14H2,1H3,(H,27,28)/b12-11+/t18-/m0/s1. The summed E-state index contributed by atoms with van der Waals surface area (Å²) >= 11 is 0. The number of hydrogen-bond acceptors (Lipinski definition) is 5. The normalized spacial score (nSPS) is 16.2. The van der Waals surface area contributed by atoms with Gasteiger partial charge >= 0.3 is 5.97 Å². The Bertz CT molecular complexity index is 984. The number of carboxylic acid groups (broad SMARTS) is 1. The zero-order chi connectivity index (χ0) is 21.7. The molecule has 154 valence electrons. The summed E-state index contributed by atoms with van der Waals surface area (Å²) in [6.45, 7) is 0.0269. The van der Waals surface area contributed by atoms with Gasteiger partial charge in [0.1, 0.15) is 11.8 Å². The number of anilines is 1. The predicted molar refractivity (Wildman–Crippen MR) is 108 cm³/mol. The molecule has 1 N–H and O–H groups in total. The number of para-hydroxylation sites is 1. The molecule has 1 aliphatic heterocycles. The summed E-state index contributed by atoms with van der Waals surface area (Å²) in [6.07, 6.45) is 1.41. The molecule has 0 aromatic heterocycles. The molecule has 1 saturated heterocycles. The maximum atomic E-state index is 13.0. The summed E-state index contributed by atoms with van der Waals surface area (Å²) in [6, 6.07) is 14.3. The van der Waals surface area contributed by atoms with E-state index >= 15 is 0 Å². The average Bonchev–Trinajstić information content (AvgIpc) is 3.05. The van der Waals surface area contributed by atoms with Gasteiger partial charge in [-0.2, -0.15) is 0 Å². The molecule has 0 spiro atoms. The third-order valence-electron chi connectivity index (χ3n) is 4.68. The molecule has 0 saturated carbocycles. The predicted octanol–water partition coefficient (Wildman–Crippen LogP) is 2.00. The number of carboxylic acids is 1. The monoisotopic (exact) mass is 408 g/mol. The van der Waals surface area contributed by atoms with Gasteiger partial charge in [-0.3, -0.25) is 14.4 Å². The zero-order valence-electron chi connectivity index (χ0n) is 16.2. The topological polar surface area (TPSA) is 104 Å². The number of carbonyl (C=O) groups excluding carboxylic acids is 3. The van der Waals surface area contributed by atoms with E-state index in [1.54, 1.807) is 54.6 Å². The summed E-state index contributed by atoms with van der Waals surface area (Å²) in [5.41, 5.74) is 1.12. The molecule has 1 heterocycles.